The lowest BCUT2D eigenvalue weighted by atomic mass is 10.1. The van der Waals surface area contributed by atoms with E-state index in [1.165, 1.54) is 23.5 Å². The van der Waals surface area contributed by atoms with Gasteiger partial charge in [0, 0.05) is 23.9 Å². The largest absolute Gasteiger partial charge is 0.416 e. The van der Waals surface area contributed by atoms with Crippen LogP contribution in [0, 0.1) is 0 Å². The average Bonchev–Trinajstić information content (AvgIpc) is 2.84. The Morgan fingerprint density at radius 2 is 1.89 bits per heavy atom. The van der Waals surface area contributed by atoms with Crippen molar-refractivity contribution in [2.24, 2.45) is 0 Å². The maximum atomic E-state index is 12.4. The standard InChI is InChI=1S/C13H13F3N2S/c1-17-7-6-12-18-11(8-19-12)9-2-4-10(5-3-9)13(14,15)16/h2-5,8,17H,6-7H2,1H3. The summed E-state index contributed by atoms with van der Waals surface area (Å²) >= 11 is 1.52. The molecule has 1 N–H and O–H groups in total. The number of thiazole rings is 1. The summed E-state index contributed by atoms with van der Waals surface area (Å²) in [6, 6.07) is 5.09. The van der Waals surface area contributed by atoms with Gasteiger partial charge >= 0.3 is 6.18 Å². The predicted octanol–water partition coefficient (Wildman–Crippen LogP) is 3.59. The summed E-state index contributed by atoms with van der Waals surface area (Å²) in [6.45, 7) is 0.833. The van der Waals surface area contributed by atoms with Crippen molar-refractivity contribution < 1.29 is 13.2 Å². The molecule has 0 radical (unpaired) electrons. The van der Waals surface area contributed by atoms with Gasteiger partial charge in [-0.1, -0.05) is 12.1 Å². The Morgan fingerprint density at radius 3 is 2.47 bits per heavy atom. The molecule has 0 atom stereocenters. The Hall–Kier alpha value is -1.40. The van der Waals surface area contributed by atoms with E-state index in [1.54, 1.807) is 0 Å². The number of nitrogens with one attached hydrogen (secondary N) is 1. The third kappa shape index (κ3) is 3.54. The monoisotopic (exact) mass is 286 g/mol. The predicted molar refractivity (Wildman–Crippen MR) is 70.2 cm³/mol. The summed E-state index contributed by atoms with van der Waals surface area (Å²) in [6.07, 6.45) is -3.47. The van der Waals surface area contributed by atoms with E-state index in [-0.39, 0.29) is 0 Å². The van der Waals surface area contributed by atoms with Crippen LogP contribution in [0.15, 0.2) is 29.6 Å². The van der Waals surface area contributed by atoms with Crippen LogP contribution in [0.3, 0.4) is 0 Å². The minimum atomic E-state index is -4.29. The third-order valence-corrected chi connectivity index (χ3v) is 3.56. The van der Waals surface area contributed by atoms with Crippen molar-refractivity contribution in [3.8, 4) is 11.3 Å². The first-order chi connectivity index (χ1) is 9.00. The van der Waals surface area contributed by atoms with Crippen molar-refractivity contribution in [1.29, 1.82) is 0 Å². The fourth-order valence-electron chi connectivity index (χ4n) is 1.62. The molecule has 1 aromatic carbocycles. The smallest absolute Gasteiger partial charge is 0.319 e. The molecule has 0 spiro atoms. The van der Waals surface area contributed by atoms with Gasteiger partial charge in [-0.2, -0.15) is 13.2 Å². The molecule has 0 bridgehead atoms. The van der Waals surface area contributed by atoms with Crippen LogP contribution in [0.5, 0.6) is 0 Å². The van der Waals surface area contributed by atoms with Crippen LogP contribution in [-0.4, -0.2) is 18.6 Å². The molecule has 0 aliphatic carbocycles. The van der Waals surface area contributed by atoms with Crippen LogP contribution in [0.25, 0.3) is 11.3 Å². The molecule has 0 aliphatic heterocycles. The van der Waals surface area contributed by atoms with E-state index < -0.39 is 11.7 Å². The SMILES string of the molecule is CNCCc1nc(-c2ccc(C(F)(F)F)cc2)cs1. The molecule has 0 aliphatic rings. The van der Waals surface area contributed by atoms with Gasteiger partial charge in [-0.05, 0) is 19.2 Å². The highest BCUT2D eigenvalue weighted by molar-refractivity contribution is 7.09. The van der Waals surface area contributed by atoms with Crippen molar-refractivity contribution in [2.75, 3.05) is 13.6 Å². The molecule has 0 unspecified atom stereocenters. The number of hydrogen-bond donors (Lipinski definition) is 1. The number of nitrogens with zero attached hydrogens (tertiary/aromatic N) is 1. The van der Waals surface area contributed by atoms with Gasteiger partial charge in [0.2, 0.25) is 0 Å². The molecular weight excluding hydrogens is 273 g/mol. The Balaban J connectivity index is 2.16. The fourth-order valence-corrected chi connectivity index (χ4v) is 2.43. The van der Waals surface area contributed by atoms with Crippen molar-refractivity contribution >= 4 is 11.3 Å². The van der Waals surface area contributed by atoms with E-state index >= 15 is 0 Å². The second-order valence-electron chi connectivity index (χ2n) is 4.06. The van der Waals surface area contributed by atoms with Crippen LogP contribution in [0.2, 0.25) is 0 Å². The zero-order valence-corrected chi connectivity index (χ0v) is 11.1. The molecule has 0 saturated carbocycles. The Kier molecular flexibility index (Phi) is 4.21. The van der Waals surface area contributed by atoms with Crippen LogP contribution in [-0.2, 0) is 12.6 Å². The van der Waals surface area contributed by atoms with E-state index in [0.29, 0.717) is 5.56 Å². The number of hydrogen-bond acceptors (Lipinski definition) is 3. The van der Waals surface area contributed by atoms with Crippen molar-refractivity contribution in [1.82, 2.24) is 10.3 Å². The number of halogens is 3. The van der Waals surface area contributed by atoms with Crippen LogP contribution >= 0.6 is 11.3 Å². The second kappa shape index (κ2) is 5.71. The molecule has 0 saturated heterocycles. The zero-order valence-electron chi connectivity index (χ0n) is 10.3. The van der Waals surface area contributed by atoms with Gasteiger partial charge < -0.3 is 5.32 Å². The quantitative estimate of drug-likeness (QED) is 0.929. The van der Waals surface area contributed by atoms with E-state index in [4.69, 9.17) is 0 Å². The van der Waals surface area contributed by atoms with Gasteiger partial charge in [0.1, 0.15) is 0 Å². The topological polar surface area (TPSA) is 24.9 Å². The lowest BCUT2D eigenvalue weighted by Crippen LogP contribution is -2.09. The minimum Gasteiger partial charge on any atom is -0.319 e. The van der Waals surface area contributed by atoms with Crippen molar-refractivity contribution in [2.45, 2.75) is 12.6 Å². The summed E-state index contributed by atoms with van der Waals surface area (Å²) in [4.78, 5) is 4.41. The fraction of sp³-hybridized carbons (Fsp3) is 0.308. The number of rotatable bonds is 4. The third-order valence-electron chi connectivity index (χ3n) is 2.65. The first kappa shape index (κ1) is 14.0. The summed E-state index contributed by atoms with van der Waals surface area (Å²) in [7, 11) is 1.87. The number of benzene rings is 1. The Morgan fingerprint density at radius 1 is 1.21 bits per heavy atom. The van der Waals surface area contributed by atoms with E-state index in [0.717, 1.165) is 35.8 Å². The number of likely N-dealkylation sites (N-methyl/N-ethyl adjacent to an activating group) is 1. The molecule has 102 valence electrons. The molecule has 0 amide bonds. The zero-order chi connectivity index (χ0) is 13.9. The summed E-state index contributed by atoms with van der Waals surface area (Å²) in [5.74, 6) is 0. The lowest BCUT2D eigenvalue weighted by molar-refractivity contribution is -0.137. The summed E-state index contributed by atoms with van der Waals surface area (Å²) in [5, 5.41) is 5.88. The maximum Gasteiger partial charge on any atom is 0.416 e. The van der Waals surface area contributed by atoms with Crippen molar-refractivity contribution in [3.05, 3.63) is 40.2 Å². The van der Waals surface area contributed by atoms with Crippen LogP contribution < -0.4 is 5.32 Å². The molecule has 2 nitrogen and oxygen atoms in total. The van der Waals surface area contributed by atoms with Crippen molar-refractivity contribution in [3.63, 3.8) is 0 Å². The van der Waals surface area contributed by atoms with Gasteiger partial charge in [-0.3, -0.25) is 0 Å². The Labute approximate surface area is 113 Å². The molecule has 1 heterocycles. The normalized spacial score (nSPS) is 11.8. The summed E-state index contributed by atoms with van der Waals surface area (Å²) < 4.78 is 37.3. The van der Waals surface area contributed by atoms with Crippen LogP contribution in [0.4, 0.5) is 13.2 Å². The van der Waals surface area contributed by atoms with E-state index in [1.807, 2.05) is 12.4 Å². The number of aromatic nitrogens is 1. The maximum absolute atomic E-state index is 12.4. The number of alkyl halides is 3. The Bertz CT molecular complexity index is 532. The highest BCUT2D eigenvalue weighted by Gasteiger charge is 2.30. The highest BCUT2D eigenvalue weighted by atomic mass is 32.1. The molecule has 6 heteroatoms. The molecule has 19 heavy (non-hydrogen) atoms. The van der Waals surface area contributed by atoms with Gasteiger partial charge in [-0.15, -0.1) is 11.3 Å². The second-order valence-corrected chi connectivity index (χ2v) is 5.00. The lowest BCUT2D eigenvalue weighted by Gasteiger charge is -2.06. The molecule has 0 fully saturated rings. The van der Waals surface area contributed by atoms with E-state index in [2.05, 4.69) is 10.3 Å². The van der Waals surface area contributed by atoms with E-state index in [9.17, 15) is 13.2 Å². The van der Waals surface area contributed by atoms with Gasteiger partial charge in [0.05, 0.1) is 16.3 Å². The molecule has 1 aromatic heterocycles. The van der Waals surface area contributed by atoms with Gasteiger partial charge in [0.15, 0.2) is 0 Å². The first-order valence-electron chi connectivity index (χ1n) is 5.77. The molecule has 2 rings (SSSR count). The van der Waals surface area contributed by atoms with Crippen LogP contribution in [0.1, 0.15) is 10.6 Å². The average molecular weight is 286 g/mol. The highest BCUT2D eigenvalue weighted by Crippen LogP contribution is 2.31. The molecule has 2 aromatic rings. The molecular formula is C13H13F3N2S. The van der Waals surface area contributed by atoms with Gasteiger partial charge in [-0.25, -0.2) is 4.98 Å². The first-order valence-corrected chi connectivity index (χ1v) is 6.65. The summed E-state index contributed by atoms with van der Waals surface area (Å²) in [5.41, 5.74) is 0.798. The minimum absolute atomic E-state index is 0.637. The van der Waals surface area contributed by atoms with Gasteiger partial charge in [0.25, 0.3) is 0 Å².